The molecule has 2 aromatic heterocycles. The monoisotopic (exact) mass is 285 g/mol. The average molecular weight is 285 g/mol. The summed E-state index contributed by atoms with van der Waals surface area (Å²) >= 11 is 0. The zero-order valence-corrected chi connectivity index (χ0v) is 12.3. The number of anilines is 1. The number of carbonyl (C=O) groups excluding carboxylic acids is 1. The Bertz CT molecular complexity index is 597. The van der Waals surface area contributed by atoms with Crippen LogP contribution in [0.15, 0.2) is 30.7 Å². The van der Waals surface area contributed by atoms with Crippen LogP contribution in [-0.4, -0.2) is 27.4 Å². The summed E-state index contributed by atoms with van der Waals surface area (Å²) in [7, 11) is 0. The lowest BCUT2D eigenvalue weighted by atomic mass is 10.3. The lowest BCUT2D eigenvalue weighted by molar-refractivity contribution is 0.0945. The second-order valence-corrected chi connectivity index (χ2v) is 4.69. The highest BCUT2D eigenvalue weighted by molar-refractivity contribution is 5.93. The van der Waals surface area contributed by atoms with E-state index >= 15 is 0 Å². The summed E-state index contributed by atoms with van der Waals surface area (Å²) < 4.78 is 0. The van der Waals surface area contributed by atoms with E-state index in [1.807, 2.05) is 13.0 Å². The molecule has 0 radical (unpaired) electrons. The van der Waals surface area contributed by atoms with Crippen LogP contribution in [0, 0.1) is 6.92 Å². The van der Waals surface area contributed by atoms with Gasteiger partial charge in [0.15, 0.2) is 0 Å². The molecule has 2 aromatic rings. The topological polar surface area (TPSA) is 79.8 Å². The third-order valence-electron chi connectivity index (χ3n) is 2.84. The molecule has 0 atom stereocenters. The maximum Gasteiger partial charge on any atom is 0.270 e. The fourth-order valence-electron chi connectivity index (χ4n) is 1.71. The summed E-state index contributed by atoms with van der Waals surface area (Å²) in [6.45, 7) is 5.16. The van der Waals surface area contributed by atoms with E-state index in [0.717, 1.165) is 24.3 Å². The van der Waals surface area contributed by atoms with Crippen molar-refractivity contribution in [2.75, 3.05) is 11.9 Å². The van der Waals surface area contributed by atoms with Crippen molar-refractivity contribution in [3.05, 3.63) is 47.8 Å². The Morgan fingerprint density at radius 2 is 2.10 bits per heavy atom. The highest BCUT2D eigenvalue weighted by atomic mass is 16.1. The number of aryl methyl sites for hydroxylation is 1. The number of nitrogens with zero attached hydrogens (tertiary/aromatic N) is 3. The number of rotatable bonds is 6. The Kier molecular flexibility index (Phi) is 5.20. The molecule has 110 valence electrons. The Morgan fingerprint density at radius 3 is 2.81 bits per heavy atom. The number of hydrogen-bond donors (Lipinski definition) is 2. The molecule has 1 amide bonds. The number of carbonyl (C=O) groups is 1. The summed E-state index contributed by atoms with van der Waals surface area (Å²) in [5.41, 5.74) is 2.85. The highest BCUT2D eigenvalue weighted by Crippen LogP contribution is 2.08. The van der Waals surface area contributed by atoms with E-state index in [2.05, 4.69) is 32.5 Å². The van der Waals surface area contributed by atoms with Crippen molar-refractivity contribution in [2.24, 2.45) is 0 Å². The maximum absolute atomic E-state index is 12.1. The van der Waals surface area contributed by atoms with Crippen molar-refractivity contribution < 1.29 is 4.79 Å². The SMILES string of the molecule is CCCNc1ccnc(C(=O)NCc2cnc(C)cn2)c1. The minimum Gasteiger partial charge on any atom is -0.385 e. The van der Waals surface area contributed by atoms with Gasteiger partial charge in [-0.15, -0.1) is 0 Å². The van der Waals surface area contributed by atoms with Gasteiger partial charge in [0.1, 0.15) is 5.69 Å². The first-order chi connectivity index (χ1) is 10.2. The summed E-state index contributed by atoms with van der Waals surface area (Å²) in [4.78, 5) is 24.5. The molecule has 21 heavy (non-hydrogen) atoms. The molecule has 0 saturated carbocycles. The molecule has 0 spiro atoms. The van der Waals surface area contributed by atoms with Crippen LogP contribution in [0.25, 0.3) is 0 Å². The molecule has 2 rings (SSSR count). The van der Waals surface area contributed by atoms with Crippen LogP contribution in [0.3, 0.4) is 0 Å². The highest BCUT2D eigenvalue weighted by Gasteiger charge is 2.08. The molecule has 0 aliphatic heterocycles. The Balaban J connectivity index is 1.95. The first-order valence-corrected chi connectivity index (χ1v) is 6.94. The van der Waals surface area contributed by atoms with Crippen molar-refractivity contribution in [3.63, 3.8) is 0 Å². The zero-order valence-electron chi connectivity index (χ0n) is 12.3. The molecule has 0 aliphatic carbocycles. The van der Waals surface area contributed by atoms with Crippen molar-refractivity contribution in [1.29, 1.82) is 0 Å². The number of pyridine rings is 1. The molecule has 6 nitrogen and oxygen atoms in total. The second kappa shape index (κ2) is 7.33. The van der Waals surface area contributed by atoms with Crippen LogP contribution in [0.4, 0.5) is 5.69 Å². The van der Waals surface area contributed by atoms with Crippen LogP contribution < -0.4 is 10.6 Å². The molecule has 0 aliphatic rings. The van der Waals surface area contributed by atoms with Gasteiger partial charge in [-0.2, -0.15) is 0 Å². The van der Waals surface area contributed by atoms with E-state index in [1.165, 1.54) is 0 Å². The van der Waals surface area contributed by atoms with E-state index < -0.39 is 0 Å². The van der Waals surface area contributed by atoms with Crippen molar-refractivity contribution in [2.45, 2.75) is 26.8 Å². The summed E-state index contributed by atoms with van der Waals surface area (Å²) in [6, 6.07) is 3.59. The predicted octanol–water partition coefficient (Wildman–Crippen LogP) is 1.93. The molecular formula is C15H19N5O. The van der Waals surface area contributed by atoms with Gasteiger partial charge in [0, 0.05) is 24.6 Å². The standard InChI is InChI=1S/C15H19N5O/c1-3-5-16-12-4-6-17-14(7-12)15(21)20-10-13-9-18-11(2)8-19-13/h4,6-9H,3,5,10H2,1-2H3,(H,16,17)(H,20,21). The summed E-state index contributed by atoms with van der Waals surface area (Å²) in [5.74, 6) is -0.225. The number of amides is 1. The molecule has 0 aromatic carbocycles. The van der Waals surface area contributed by atoms with Crippen LogP contribution >= 0.6 is 0 Å². The minimum atomic E-state index is -0.225. The Morgan fingerprint density at radius 1 is 1.24 bits per heavy atom. The first-order valence-electron chi connectivity index (χ1n) is 6.94. The van der Waals surface area contributed by atoms with Gasteiger partial charge in [0.25, 0.3) is 5.91 Å². The Hall–Kier alpha value is -2.50. The fourth-order valence-corrected chi connectivity index (χ4v) is 1.71. The number of aromatic nitrogens is 3. The fraction of sp³-hybridized carbons (Fsp3) is 0.333. The summed E-state index contributed by atoms with van der Waals surface area (Å²) in [5, 5.41) is 6.01. The van der Waals surface area contributed by atoms with E-state index in [0.29, 0.717) is 17.9 Å². The molecule has 6 heteroatoms. The third-order valence-corrected chi connectivity index (χ3v) is 2.84. The lowest BCUT2D eigenvalue weighted by Gasteiger charge is -2.07. The second-order valence-electron chi connectivity index (χ2n) is 4.69. The van der Waals surface area contributed by atoms with Gasteiger partial charge in [-0.05, 0) is 25.5 Å². The van der Waals surface area contributed by atoms with E-state index in [-0.39, 0.29) is 5.91 Å². The first kappa shape index (κ1) is 14.9. The molecular weight excluding hydrogens is 266 g/mol. The van der Waals surface area contributed by atoms with Crippen LogP contribution in [0.2, 0.25) is 0 Å². The normalized spacial score (nSPS) is 10.2. The van der Waals surface area contributed by atoms with Gasteiger partial charge in [-0.25, -0.2) is 0 Å². The van der Waals surface area contributed by atoms with Gasteiger partial charge in [-0.3, -0.25) is 19.7 Å². The summed E-state index contributed by atoms with van der Waals surface area (Å²) in [6.07, 6.45) is 5.98. The van der Waals surface area contributed by atoms with E-state index in [1.54, 1.807) is 24.7 Å². The smallest absolute Gasteiger partial charge is 0.270 e. The predicted molar refractivity (Wildman–Crippen MR) is 81.0 cm³/mol. The number of nitrogens with one attached hydrogen (secondary N) is 2. The lowest BCUT2D eigenvalue weighted by Crippen LogP contribution is -2.24. The van der Waals surface area contributed by atoms with Crippen LogP contribution in [0.1, 0.15) is 35.2 Å². The van der Waals surface area contributed by atoms with Crippen molar-refractivity contribution >= 4 is 11.6 Å². The average Bonchev–Trinajstić information content (AvgIpc) is 2.52. The molecule has 0 unspecified atom stereocenters. The van der Waals surface area contributed by atoms with Crippen molar-refractivity contribution in [1.82, 2.24) is 20.3 Å². The van der Waals surface area contributed by atoms with Crippen molar-refractivity contribution in [3.8, 4) is 0 Å². The van der Waals surface area contributed by atoms with Gasteiger partial charge in [0.05, 0.1) is 24.1 Å². The number of hydrogen-bond acceptors (Lipinski definition) is 5. The maximum atomic E-state index is 12.1. The van der Waals surface area contributed by atoms with Crippen LogP contribution in [0.5, 0.6) is 0 Å². The molecule has 0 bridgehead atoms. The van der Waals surface area contributed by atoms with E-state index in [9.17, 15) is 4.79 Å². The van der Waals surface area contributed by atoms with Gasteiger partial charge < -0.3 is 10.6 Å². The third kappa shape index (κ3) is 4.52. The Labute approximate surface area is 124 Å². The largest absolute Gasteiger partial charge is 0.385 e. The van der Waals surface area contributed by atoms with Gasteiger partial charge >= 0.3 is 0 Å². The minimum absolute atomic E-state index is 0.225. The zero-order chi connectivity index (χ0) is 15.1. The quantitative estimate of drug-likeness (QED) is 0.847. The van der Waals surface area contributed by atoms with Gasteiger partial charge in [-0.1, -0.05) is 6.92 Å². The van der Waals surface area contributed by atoms with Crippen LogP contribution in [-0.2, 0) is 6.54 Å². The molecule has 0 fully saturated rings. The molecule has 2 N–H and O–H groups in total. The molecule has 0 saturated heterocycles. The van der Waals surface area contributed by atoms with E-state index in [4.69, 9.17) is 0 Å². The molecule has 2 heterocycles. The van der Waals surface area contributed by atoms with Gasteiger partial charge in [0.2, 0.25) is 0 Å².